The molecule has 5 nitrogen and oxygen atoms in total. The molecule has 130 valence electrons. The third kappa shape index (κ3) is 6.77. The van der Waals surface area contributed by atoms with E-state index in [9.17, 15) is 9.59 Å². The molecule has 0 unspecified atom stereocenters. The van der Waals surface area contributed by atoms with Crippen molar-refractivity contribution in [3.8, 4) is 0 Å². The molecule has 0 spiro atoms. The van der Waals surface area contributed by atoms with E-state index in [0.29, 0.717) is 17.3 Å². The molecule has 6 heteroatoms. The Hall–Kier alpha value is -2.66. The van der Waals surface area contributed by atoms with E-state index >= 15 is 0 Å². The molecule has 0 aliphatic rings. The van der Waals surface area contributed by atoms with Crippen molar-refractivity contribution < 1.29 is 9.59 Å². The summed E-state index contributed by atoms with van der Waals surface area (Å²) in [5.41, 5.74) is 5.01. The molecule has 0 aliphatic heterocycles. The van der Waals surface area contributed by atoms with E-state index < -0.39 is 0 Å². The summed E-state index contributed by atoms with van der Waals surface area (Å²) < 4.78 is 0. The zero-order chi connectivity index (χ0) is 18.1. The molecule has 0 aromatic heterocycles. The highest BCUT2D eigenvalue weighted by atomic mass is 35.5. The second-order valence-corrected chi connectivity index (χ2v) is 5.94. The molecular formula is C19H20ClN3O2. The minimum absolute atomic E-state index is 0.0814. The Morgan fingerprint density at radius 3 is 2.28 bits per heavy atom. The Bertz CT molecular complexity index is 743. The molecule has 25 heavy (non-hydrogen) atoms. The number of hydrazone groups is 1. The van der Waals surface area contributed by atoms with Gasteiger partial charge in [-0.2, -0.15) is 5.10 Å². The number of nitrogens with one attached hydrogen (secondary N) is 2. The zero-order valence-electron chi connectivity index (χ0n) is 14.0. The topological polar surface area (TPSA) is 70.6 Å². The van der Waals surface area contributed by atoms with Crippen molar-refractivity contribution in [2.75, 3.05) is 0 Å². The van der Waals surface area contributed by atoms with Crippen molar-refractivity contribution in [3.63, 3.8) is 0 Å². The molecule has 0 saturated carbocycles. The van der Waals surface area contributed by atoms with E-state index in [2.05, 4.69) is 15.8 Å². The molecule has 2 amide bonds. The SMILES string of the molecule is C/C(=N/NC(=O)CCC(=O)NCc1ccccc1)c1ccc(Cl)cc1. The number of amides is 2. The maximum atomic E-state index is 11.8. The van der Waals surface area contributed by atoms with Gasteiger partial charge in [0.2, 0.25) is 11.8 Å². The molecule has 0 bridgehead atoms. The molecule has 0 radical (unpaired) electrons. The predicted octanol–water partition coefficient (Wildman–Crippen LogP) is 3.28. The van der Waals surface area contributed by atoms with Gasteiger partial charge in [0.05, 0.1) is 5.71 Å². The van der Waals surface area contributed by atoms with Crippen LogP contribution in [0, 0.1) is 0 Å². The van der Waals surface area contributed by atoms with Crippen LogP contribution < -0.4 is 10.7 Å². The van der Waals surface area contributed by atoms with Gasteiger partial charge in [0.25, 0.3) is 0 Å². The Morgan fingerprint density at radius 2 is 1.60 bits per heavy atom. The van der Waals surface area contributed by atoms with Crippen molar-refractivity contribution in [2.45, 2.75) is 26.3 Å². The third-order valence-electron chi connectivity index (χ3n) is 3.52. The minimum atomic E-state index is -0.303. The van der Waals surface area contributed by atoms with Gasteiger partial charge in [0, 0.05) is 24.4 Å². The molecule has 2 aromatic rings. The lowest BCUT2D eigenvalue weighted by molar-refractivity contribution is -0.126. The fraction of sp³-hybridized carbons (Fsp3) is 0.211. The Kier molecular flexibility index (Phi) is 7.16. The Balaban J connectivity index is 1.71. The molecule has 0 atom stereocenters. The first-order valence-electron chi connectivity index (χ1n) is 7.94. The first kappa shape index (κ1) is 18.7. The van der Waals surface area contributed by atoms with Gasteiger partial charge in [-0.25, -0.2) is 5.43 Å². The summed E-state index contributed by atoms with van der Waals surface area (Å²) in [5.74, 6) is -0.472. The van der Waals surface area contributed by atoms with Crippen LogP contribution in [0.1, 0.15) is 30.9 Å². The molecule has 2 rings (SSSR count). The molecule has 0 fully saturated rings. The van der Waals surface area contributed by atoms with Crippen molar-refractivity contribution in [2.24, 2.45) is 5.10 Å². The van der Waals surface area contributed by atoms with E-state index in [1.807, 2.05) is 42.5 Å². The van der Waals surface area contributed by atoms with Crippen LogP contribution in [0.15, 0.2) is 59.7 Å². The third-order valence-corrected chi connectivity index (χ3v) is 3.77. The van der Waals surface area contributed by atoms with E-state index in [-0.39, 0.29) is 24.7 Å². The van der Waals surface area contributed by atoms with Gasteiger partial charge in [-0.3, -0.25) is 9.59 Å². The fourth-order valence-electron chi connectivity index (χ4n) is 2.07. The summed E-state index contributed by atoms with van der Waals surface area (Å²) in [6.07, 6.45) is 0.201. The number of carbonyl (C=O) groups excluding carboxylic acids is 2. The van der Waals surface area contributed by atoms with Gasteiger partial charge < -0.3 is 5.32 Å². The number of hydrogen-bond donors (Lipinski definition) is 2. The number of halogens is 1. The summed E-state index contributed by atoms with van der Waals surface area (Å²) >= 11 is 5.83. The second kappa shape index (κ2) is 9.59. The van der Waals surface area contributed by atoms with Gasteiger partial charge >= 0.3 is 0 Å². The highest BCUT2D eigenvalue weighted by Gasteiger charge is 2.06. The average molecular weight is 358 g/mol. The normalized spacial score (nSPS) is 11.0. The first-order valence-corrected chi connectivity index (χ1v) is 8.32. The van der Waals surface area contributed by atoms with Crippen molar-refractivity contribution in [3.05, 3.63) is 70.7 Å². The van der Waals surface area contributed by atoms with Crippen LogP contribution in [0.5, 0.6) is 0 Å². The van der Waals surface area contributed by atoms with Crippen LogP contribution in [-0.2, 0) is 16.1 Å². The largest absolute Gasteiger partial charge is 0.352 e. The maximum Gasteiger partial charge on any atom is 0.240 e. The van der Waals surface area contributed by atoms with Crippen LogP contribution in [0.25, 0.3) is 0 Å². The number of nitrogens with zero attached hydrogens (tertiary/aromatic N) is 1. The van der Waals surface area contributed by atoms with Crippen molar-refractivity contribution in [1.29, 1.82) is 0 Å². The minimum Gasteiger partial charge on any atom is -0.352 e. The fourth-order valence-corrected chi connectivity index (χ4v) is 2.20. The smallest absolute Gasteiger partial charge is 0.240 e. The molecule has 0 heterocycles. The van der Waals surface area contributed by atoms with Gasteiger partial charge in [-0.05, 0) is 30.2 Å². The van der Waals surface area contributed by atoms with Crippen molar-refractivity contribution >= 4 is 29.1 Å². The quantitative estimate of drug-likeness (QED) is 0.589. The van der Waals surface area contributed by atoms with Crippen LogP contribution in [0.4, 0.5) is 0 Å². The van der Waals surface area contributed by atoms with Crippen LogP contribution in [0.2, 0.25) is 5.02 Å². The van der Waals surface area contributed by atoms with E-state index in [0.717, 1.165) is 11.1 Å². The number of rotatable bonds is 7. The van der Waals surface area contributed by atoms with E-state index in [4.69, 9.17) is 11.6 Å². The van der Waals surface area contributed by atoms with Crippen LogP contribution in [-0.4, -0.2) is 17.5 Å². The monoisotopic (exact) mass is 357 g/mol. The number of hydrogen-bond acceptors (Lipinski definition) is 3. The molecular weight excluding hydrogens is 338 g/mol. The standard InChI is InChI=1S/C19H20ClN3O2/c1-14(16-7-9-17(20)10-8-16)22-23-19(25)12-11-18(24)21-13-15-5-3-2-4-6-15/h2-10H,11-13H2,1H3,(H,21,24)(H,23,25)/b22-14-. The zero-order valence-corrected chi connectivity index (χ0v) is 14.7. The summed E-state index contributed by atoms with van der Waals surface area (Å²) in [6.45, 7) is 2.24. The summed E-state index contributed by atoms with van der Waals surface area (Å²) in [7, 11) is 0. The lowest BCUT2D eigenvalue weighted by atomic mass is 10.1. The van der Waals surface area contributed by atoms with Gasteiger partial charge in [-0.1, -0.05) is 54.1 Å². The molecule has 0 aliphatic carbocycles. The second-order valence-electron chi connectivity index (χ2n) is 5.50. The molecule has 2 aromatic carbocycles. The van der Waals surface area contributed by atoms with Crippen LogP contribution >= 0.6 is 11.6 Å². The van der Waals surface area contributed by atoms with Gasteiger partial charge in [-0.15, -0.1) is 0 Å². The number of benzene rings is 2. The first-order chi connectivity index (χ1) is 12.0. The summed E-state index contributed by atoms with van der Waals surface area (Å²) in [5, 5.41) is 7.46. The summed E-state index contributed by atoms with van der Waals surface area (Å²) in [6, 6.07) is 16.8. The maximum absolute atomic E-state index is 11.8. The molecule has 0 saturated heterocycles. The van der Waals surface area contributed by atoms with E-state index in [1.165, 1.54) is 0 Å². The Morgan fingerprint density at radius 1 is 0.960 bits per heavy atom. The lowest BCUT2D eigenvalue weighted by Crippen LogP contribution is -2.26. The lowest BCUT2D eigenvalue weighted by Gasteiger charge is -2.05. The van der Waals surface area contributed by atoms with Crippen molar-refractivity contribution in [1.82, 2.24) is 10.7 Å². The Labute approximate surface area is 152 Å². The highest BCUT2D eigenvalue weighted by molar-refractivity contribution is 6.30. The van der Waals surface area contributed by atoms with Gasteiger partial charge in [0.15, 0.2) is 0 Å². The number of carbonyl (C=O) groups is 2. The van der Waals surface area contributed by atoms with Gasteiger partial charge in [0.1, 0.15) is 0 Å². The van der Waals surface area contributed by atoms with E-state index in [1.54, 1.807) is 19.1 Å². The molecule has 2 N–H and O–H groups in total. The van der Waals surface area contributed by atoms with Crippen LogP contribution in [0.3, 0.4) is 0 Å². The predicted molar refractivity (Wildman–Crippen MR) is 99.3 cm³/mol. The highest BCUT2D eigenvalue weighted by Crippen LogP contribution is 2.10. The summed E-state index contributed by atoms with van der Waals surface area (Å²) in [4.78, 5) is 23.6. The average Bonchev–Trinajstić information content (AvgIpc) is 2.64.